The third kappa shape index (κ3) is 4.61. The average molecular weight is 435 g/mol. The summed E-state index contributed by atoms with van der Waals surface area (Å²) in [6, 6.07) is 10.1. The first-order chi connectivity index (χ1) is 15.5. The van der Waals surface area contributed by atoms with Gasteiger partial charge in [0.15, 0.2) is 5.65 Å². The number of aromatic nitrogens is 4. The topological polar surface area (TPSA) is 67.2 Å². The number of hydrogen-bond acceptors (Lipinski definition) is 5. The highest BCUT2D eigenvalue weighted by molar-refractivity contribution is 5.88. The highest BCUT2D eigenvalue weighted by Crippen LogP contribution is 2.29. The predicted octanol–water partition coefficient (Wildman–Crippen LogP) is 4.41. The molecule has 0 spiro atoms. The lowest BCUT2D eigenvalue weighted by Crippen LogP contribution is -2.36. The highest BCUT2D eigenvalue weighted by atomic mass is 16.2. The first-order valence-electron chi connectivity index (χ1n) is 11.8. The molecule has 3 heterocycles. The Labute approximate surface area is 190 Å². The molecule has 0 saturated carbocycles. The summed E-state index contributed by atoms with van der Waals surface area (Å²) in [7, 11) is 0. The fourth-order valence-corrected chi connectivity index (χ4v) is 4.17. The van der Waals surface area contributed by atoms with Gasteiger partial charge < -0.3 is 9.80 Å². The first kappa shape index (κ1) is 22.2. The van der Waals surface area contributed by atoms with Gasteiger partial charge in [-0.1, -0.05) is 45.9 Å². The van der Waals surface area contributed by atoms with E-state index in [1.54, 1.807) is 0 Å². The summed E-state index contributed by atoms with van der Waals surface area (Å²) in [6.45, 7) is 11.7. The van der Waals surface area contributed by atoms with E-state index in [-0.39, 0.29) is 11.8 Å². The van der Waals surface area contributed by atoms with Gasteiger partial charge in [-0.2, -0.15) is 5.10 Å². The molecule has 1 saturated heterocycles. The van der Waals surface area contributed by atoms with E-state index in [0.29, 0.717) is 12.3 Å². The van der Waals surface area contributed by atoms with E-state index >= 15 is 0 Å². The summed E-state index contributed by atoms with van der Waals surface area (Å²) in [5.74, 6) is 2.68. The molecule has 4 rings (SSSR count). The van der Waals surface area contributed by atoms with Crippen LogP contribution in [-0.4, -0.2) is 56.7 Å². The van der Waals surface area contributed by atoms with E-state index in [4.69, 9.17) is 9.97 Å². The summed E-state index contributed by atoms with van der Waals surface area (Å²) in [5.41, 5.74) is 1.83. The van der Waals surface area contributed by atoms with E-state index in [2.05, 4.69) is 37.7 Å². The number of amides is 1. The highest BCUT2D eigenvalue weighted by Gasteiger charge is 2.24. The Morgan fingerprint density at radius 2 is 1.81 bits per heavy atom. The molecule has 170 valence electrons. The van der Waals surface area contributed by atoms with Crippen LogP contribution in [0.2, 0.25) is 0 Å². The van der Waals surface area contributed by atoms with Gasteiger partial charge in [-0.3, -0.25) is 4.79 Å². The summed E-state index contributed by atoms with van der Waals surface area (Å²) >= 11 is 0. The molecule has 0 radical (unpaired) electrons. The lowest BCUT2D eigenvalue weighted by atomic mass is 10.1. The quantitative estimate of drug-likeness (QED) is 0.575. The molecule has 7 heteroatoms. The van der Waals surface area contributed by atoms with Gasteiger partial charge in [-0.25, -0.2) is 14.6 Å². The van der Waals surface area contributed by atoms with Crippen molar-refractivity contribution < 1.29 is 4.79 Å². The lowest BCUT2D eigenvalue weighted by molar-refractivity contribution is -0.131. The van der Waals surface area contributed by atoms with E-state index < -0.39 is 0 Å². The van der Waals surface area contributed by atoms with Crippen LogP contribution in [0.5, 0.6) is 0 Å². The predicted molar refractivity (Wildman–Crippen MR) is 128 cm³/mol. The van der Waals surface area contributed by atoms with Gasteiger partial charge in [0.2, 0.25) is 5.91 Å². The standard InChI is InChI=1S/C25H34N6O/c1-5-19(4)23-27-24(30-13-9-12-29(14-15-30)22(32)16-18(2)3)21-17-26-31(25(21)28-23)20-10-7-6-8-11-20/h6-8,10-11,17-19H,5,9,12-16H2,1-4H3/t19-/m0/s1. The van der Waals surface area contributed by atoms with Crippen molar-refractivity contribution in [1.82, 2.24) is 24.6 Å². The smallest absolute Gasteiger partial charge is 0.222 e. The number of hydrogen-bond donors (Lipinski definition) is 0. The summed E-state index contributed by atoms with van der Waals surface area (Å²) < 4.78 is 1.91. The fourth-order valence-electron chi connectivity index (χ4n) is 4.17. The number of carbonyl (C=O) groups is 1. The second-order valence-electron chi connectivity index (χ2n) is 9.16. The Hall–Kier alpha value is -2.96. The van der Waals surface area contributed by atoms with Gasteiger partial charge in [0.25, 0.3) is 0 Å². The summed E-state index contributed by atoms with van der Waals surface area (Å²) in [6.07, 6.45) is 4.40. The molecule has 1 atom stereocenters. The number of fused-ring (bicyclic) bond motifs is 1. The van der Waals surface area contributed by atoms with Crippen LogP contribution in [0.15, 0.2) is 36.5 Å². The molecule has 3 aromatic rings. The molecular formula is C25H34N6O. The molecule has 1 amide bonds. The first-order valence-corrected chi connectivity index (χ1v) is 11.8. The largest absolute Gasteiger partial charge is 0.354 e. The number of carbonyl (C=O) groups excluding carboxylic acids is 1. The maximum atomic E-state index is 12.6. The van der Waals surface area contributed by atoms with Crippen LogP contribution >= 0.6 is 0 Å². The number of rotatable bonds is 6. The van der Waals surface area contributed by atoms with Crippen molar-refractivity contribution in [3.05, 3.63) is 42.4 Å². The van der Waals surface area contributed by atoms with E-state index in [0.717, 1.165) is 67.4 Å². The van der Waals surface area contributed by atoms with Crippen molar-refractivity contribution in [1.29, 1.82) is 0 Å². The Morgan fingerprint density at radius 3 is 2.53 bits per heavy atom. The molecule has 32 heavy (non-hydrogen) atoms. The molecule has 1 aromatic carbocycles. The van der Waals surface area contributed by atoms with Crippen LogP contribution < -0.4 is 4.90 Å². The molecule has 0 bridgehead atoms. The number of nitrogens with zero attached hydrogens (tertiary/aromatic N) is 6. The number of benzene rings is 1. The van der Waals surface area contributed by atoms with Crippen LogP contribution in [0, 0.1) is 5.92 Å². The zero-order chi connectivity index (χ0) is 22.7. The van der Waals surface area contributed by atoms with Crippen molar-refractivity contribution >= 4 is 22.8 Å². The fraction of sp³-hybridized carbons (Fsp3) is 0.520. The van der Waals surface area contributed by atoms with Crippen LogP contribution in [0.25, 0.3) is 16.7 Å². The molecular weight excluding hydrogens is 400 g/mol. The maximum Gasteiger partial charge on any atom is 0.222 e. The molecule has 1 fully saturated rings. The maximum absolute atomic E-state index is 12.6. The van der Waals surface area contributed by atoms with E-state index in [9.17, 15) is 4.79 Å². The van der Waals surface area contributed by atoms with Crippen LogP contribution in [-0.2, 0) is 4.79 Å². The Morgan fingerprint density at radius 1 is 1.03 bits per heavy atom. The van der Waals surface area contributed by atoms with Crippen molar-refractivity contribution in [3.8, 4) is 5.69 Å². The summed E-state index contributed by atoms with van der Waals surface area (Å²) in [5, 5.41) is 5.63. The lowest BCUT2D eigenvalue weighted by Gasteiger charge is -2.24. The van der Waals surface area contributed by atoms with E-state index in [1.165, 1.54) is 0 Å². The second kappa shape index (κ2) is 9.67. The normalized spacial score (nSPS) is 15.9. The van der Waals surface area contributed by atoms with Crippen molar-refractivity contribution in [2.75, 3.05) is 31.1 Å². The molecule has 0 aliphatic carbocycles. The minimum absolute atomic E-state index is 0.256. The van der Waals surface area contributed by atoms with E-state index in [1.807, 2.05) is 46.1 Å². The van der Waals surface area contributed by atoms with Crippen molar-refractivity contribution in [3.63, 3.8) is 0 Å². The molecule has 2 aromatic heterocycles. The van der Waals surface area contributed by atoms with Gasteiger partial charge in [-0.05, 0) is 30.9 Å². The van der Waals surface area contributed by atoms with Crippen LogP contribution in [0.4, 0.5) is 5.82 Å². The van der Waals surface area contributed by atoms with Gasteiger partial charge in [0.05, 0.1) is 17.3 Å². The monoisotopic (exact) mass is 434 g/mol. The molecule has 1 aliphatic rings. The third-order valence-corrected chi connectivity index (χ3v) is 6.21. The zero-order valence-electron chi connectivity index (χ0n) is 19.7. The van der Waals surface area contributed by atoms with Gasteiger partial charge in [0.1, 0.15) is 11.6 Å². The SMILES string of the molecule is CC[C@H](C)c1nc(N2CCCN(C(=O)CC(C)C)CC2)c2cnn(-c3ccccc3)c2n1. The molecule has 7 nitrogen and oxygen atoms in total. The average Bonchev–Trinajstić information content (AvgIpc) is 3.06. The number of anilines is 1. The van der Waals surface area contributed by atoms with Gasteiger partial charge >= 0.3 is 0 Å². The summed E-state index contributed by atoms with van der Waals surface area (Å²) in [4.78, 5) is 26.9. The van der Waals surface area contributed by atoms with Crippen molar-refractivity contribution in [2.45, 2.75) is 52.9 Å². The van der Waals surface area contributed by atoms with Gasteiger partial charge in [-0.15, -0.1) is 0 Å². The third-order valence-electron chi connectivity index (χ3n) is 6.21. The molecule has 1 aliphatic heterocycles. The molecule has 0 unspecified atom stereocenters. The van der Waals surface area contributed by atoms with Crippen LogP contribution in [0.3, 0.4) is 0 Å². The minimum atomic E-state index is 0.256. The van der Waals surface area contributed by atoms with Crippen molar-refractivity contribution in [2.24, 2.45) is 5.92 Å². The second-order valence-corrected chi connectivity index (χ2v) is 9.16. The Bertz CT molecular complexity index is 1060. The molecule has 0 N–H and O–H groups in total. The van der Waals surface area contributed by atoms with Gasteiger partial charge in [0, 0.05) is 38.5 Å². The Balaban J connectivity index is 1.70. The Kier molecular flexibility index (Phi) is 6.72. The number of para-hydroxylation sites is 1. The minimum Gasteiger partial charge on any atom is -0.354 e. The zero-order valence-corrected chi connectivity index (χ0v) is 19.7. The van der Waals surface area contributed by atoms with Crippen LogP contribution in [0.1, 0.15) is 58.7 Å².